The molecule has 0 heterocycles. The van der Waals surface area contributed by atoms with Gasteiger partial charge in [-0.05, 0) is 36.8 Å². The lowest BCUT2D eigenvalue weighted by Gasteiger charge is -2.10. The average Bonchev–Trinajstić information content (AvgIpc) is 2.41. The zero-order valence-electron chi connectivity index (χ0n) is 11.7. The van der Waals surface area contributed by atoms with E-state index in [1.165, 1.54) is 11.8 Å². The Balaban J connectivity index is 1.91. The highest BCUT2D eigenvalue weighted by Crippen LogP contribution is 2.21. The Morgan fingerprint density at radius 1 is 1.14 bits per heavy atom. The maximum absolute atomic E-state index is 12.1. The summed E-state index contributed by atoms with van der Waals surface area (Å²) in [6.45, 7) is 1.87. The molecule has 2 rings (SSSR count). The normalized spacial score (nSPS) is 11.3. The number of benzene rings is 2. The number of nitrogen functional groups attached to an aromatic ring is 1. The third-order valence-electron chi connectivity index (χ3n) is 2.89. The van der Waals surface area contributed by atoms with Crippen molar-refractivity contribution >= 4 is 33.2 Å². The van der Waals surface area contributed by atoms with Gasteiger partial charge in [0.15, 0.2) is 0 Å². The highest BCUT2D eigenvalue weighted by atomic mass is 32.2. The van der Waals surface area contributed by atoms with Gasteiger partial charge in [0.05, 0.1) is 11.4 Å². The number of hydrogen-bond donors (Lipinski definition) is 2. The van der Waals surface area contributed by atoms with E-state index >= 15 is 0 Å². The van der Waals surface area contributed by atoms with E-state index in [1.54, 1.807) is 12.1 Å². The van der Waals surface area contributed by atoms with E-state index in [1.807, 2.05) is 43.3 Å². The number of nitrogens with two attached hydrogens (primary N) is 1. The number of nitrogens with one attached hydrogen (secondary N) is 1. The average molecular weight is 322 g/mol. The highest BCUT2D eigenvalue weighted by Gasteiger charge is 2.11. The summed E-state index contributed by atoms with van der Waals surface area (Å²) in [4.78, 5) is 0.973. The minimum atomic E-state index is -3.34. The fourth-order valence-corrected chi connectivity index (χ4v) is 4.29. The van der Waals surface area contributed by atoms with Crippen LogP contribution >= 0.6 is 11.8 Å². The number of sulfonamides is 1. The van der Waals surface area contributed by atoms with E-state index in [0.29, 0.717) is 17.1 Å². The topological polar surface area (TPSA) is 72.2 Å². The molecule has 112 valence electrons. The predicted molar refractivity (Wildman–Crippen MR) is 90.2 cm³/mol. The van der Waals surface area contributed by atoms with Crippen LogP contribution in [0.2, 0.25) is 0 Å². The minimum absolute atomic E-state index is 0.0563. The fourth-order valence-electron chi connectivity index (χ4n) is 1.78. The van der Waals surface area contributed by atoms with Crippen molar-refractivity contribution in [2.45, 2.75) is 11.8 Å². The molecule has 0 aliphatic rings. The van der Waals surface area contributed by atoms with Crippen molar-refractivity contribution in [3.05, 3.63) is 54.1 Å². The molecule has 6 heteroatoms. The van der Waals surface area contributed by atoms with Crippen LogP contribution in [0.1, 0.15) is 5.56 Å². The summed E-state index contributed by atoms with van der Waals surface area (Å²) in [6, 6.07) is 14.7. The maximum Gasteiger partial charge on any atom is 0.233 e. The summed E-state index contributed by atoms with van der Waals surface area (Å²) >= 11 is 1.48. The van der Waals surface area contributed by atoms with E-state index in [4.69, 9.17) is 5.73 Å². The summed E-state index contributed by atoms with van der Waals surface area (Å²) < 4.78 is 26.7. The maximum atomic E-state index is 12.1. The monoisotopic (exact) mass is 322 g/mol. The second-order valence-corrected chi connectivity index (χ2v) is 7.67. The molecule has 21 heavy (non-hydrogen) atoms. The molecule has 0 unspecified atom stereocenters. The Kier molecular flexibility index (Phi) is 5.14. The zero-order chi connectivity index (χ0) is 15.3. The van der Waals surface area contributed by atoms with E-state index in [9.17, 15) is 8.42 Å². The van der Waals surface area contributed by atoms with Crippen molar-refractivity contribution in [1.82, 2.24) is 0 Å². The molecule has 0 amide bonds. The lowest BCUT2D eigenvalue weighted by atomic mass is 10.2. The zero-order valence-corrected chi connectivity index (χ0v) is 13.4. The van der Waals surface area contributed by atoms with Gasteiger partial charge in [-0.2, -0.15) is 0 Å². The highest BCUT2D eigenvalue weighted by molar-refractivity contribution is 8.01. The van der Waals surface area contributed by atoms with Crippen molar-refractivity contribution in [3.63, 3.8) is 0 Å². The van der Waals surface area contributed by atoms with Gasteiger partial charge in [0.1, 0.15) is 0 Å². The van der Waals surface area contributed by atoms with Crippen LogP contribution in [0.15, 0.2) is 53.4 Å². The summed E-state index contributed by atoms with van der Waals surface area (Å²) in [7, 11) is -3.34. The number of aryl methyl sites for hydroxylation is 1. The largest absolute Gasteiger partial charge is 0.399 e. The molecule has 0 fully saturated rings. The van der Waals surface area contributed by atoms with Crippen molar-refractivity contribution in [2.24, 2.45) is 0 Å². The molecular weight excluding hydrogens is 304 g/mol. The minimum Gasteiger partial charge on any atom is -0.399 e. The first kappa shape index (κ1) is 15.7. The lowest BCUT2D eigenvalue weighted by molar-refractivity contribution is 0.602. The Bertz CT molecular complexity index is 715. The van der Waals surface area contributed by atoms with Gasteiger partial charge < -0.3 is 5.73 Å². The van der Waals surface area contributed by atoms with Gasteiger partial charge in [-0.25, -0.2) is 8.42 Å². The first-order valence-corrected chi connectivity index (χ1v) is 9.14. The van der Waals surface area contributed by atoms with Crippen LogP contribution in [0.5, 0.6) is 0 Å². The molecule has 4 nitrogen and oxygen atoms in total. The van der Waals surface area contributed by atoms with Crippen molar-refractivity contribution < 1.29 is 8.42 Å². The molecule has 0 saturated carbocycles. The van der Waals surface area contributed by atoms with Crippen molar-refractivity contribution in [1.29, 1.82) is 0 Å². The molecule has 0 saturated heterocycles. The second kappa shape index (κ2) is 6.87. The summed E-state index contributed by atoms with van der Waals surface area (Å²) in [5.41, 5.74) is 7.91. The van der Waals surface area contributed by atoms with E-state index in [0.717, 1.165) is 10.5 Å². The standard InChI is InChI=1S/C15H18N2O2S2/c1-12-5-2-3-8-15(12)17-21(18,19)10-9-20-14-7-4-6-13(16)11-14/h2-8,11,17H,9-10,16H2,1H3. The molecule has 0 bridgehead atoms. The SMILES string of the molecule is Cc1ccccc1NS(=O)(=O)CCSc1cccc(N)c1. The Morgan fingerprint density at radius 3 is 2.62 bits per heavy atom. The van der Waals surface area contributed by atoms with Crippen LogP contribution in [-0.2, 0) is 10.0 Å². The summed E-state index contributed by atoms with van der Waals surface area (Å²) in [5.74, 6) is 0.533. The Labute approximate surface area is 129 Å². The van der Waals surface area contributed by atoms with Gasteiger partial charge >= 0.3 is 0 Å². The number of rotatable bonds is 6. The first-order valence-electron chi connectivity index (χ1n) is 6.51. The van der Waals surface area contributed by atoms with E-state index in [-0.39, 0.29) is 5.75 Å². The number of anilines is 2. The van der Waals surface area contributed by atoms with Crippen LogP contribution in [0.4, 0.5) is 11.4 Å². The third-order valence-corrected chi connectivity index (χ3v) is 5.42. The molecule has 0 aliphatic carbocycles. The van der Waals surface area contributed by atoms with Gasteiger partial charge in [0.2, 0.25) is 10.0 Å². The number of hydrogen-bond acceptors (Lipinski definition) is 4. The quantitative estimate of drug-likeness (QED) is 0.633. The van der Waals surface area contributed by atoms with Crippen LogP contribution in [0, 0.1) is 6.92 Å². The molecular formula is C15H18N2O2S2. The van der Waals surface area contributed by atoms with Gasteiger partial charge in [0, 0.05) is 16.3 Å². The first-order chi connectivity index (χ1) is 9.96. The van der Waals surface area contributed by atoms with Crippen molar-refractivity contribution in [3.8, 4) is 0 Å². The second-order valence-electron chi connectivity index (χ2n) is 4.66. The molecule has 0 aliphatic heterocycles. The number of thioether (sulfide) groups is 1. The van der Waals surface area contributed by atoms with Crippen LogP contribution < -0.4 is 10.5 Å². The third kappa shape index (κ3) is 4.99. The Morgan fingerprint density at radius 2 is 1.90 bits per heavy atom. The van der Waals surface area contributed by atoms with E-state index in [2.05, 4.69) is 4.72 Å². The van der Waals surface area contributed by atoms with Gasteiger partial charge in [-0.3, -0.25) is 4.72 Å². The molecule has 0 atom stereocenters. The molecule has 0 spiro atoms. The van der Waals surface area contributed by atoms with Crippen LogP contribution in [0.25, 0.3) is 0 Å². The van der Waals surface area contributed by atoms with E-state index < -0.39 is 10.0 Å². The van der Waals surface area contributed by atoms with Crippen molar-refractivity contribution in [2.75, 3.05) is 22.0 Å². The molecule has 0 aromatic heterocycles. The summed E-state index contributed by atoms with van der Waals surface area (Å²) in [6.07, 6.45) is 0. The lowest BCUT2D eigenvalue weighted by Crippen LogP contribution is -2.18. The number of para-hydroxylation sites is 1. The molecule has 2 aromatic rings. The van der Waals surface area contributed by atoms with Gasteiger partial charge in [-0.15, -0.1) is 11.8 Å². The smallest absolute Gasteiger partial charge is 0.233 e. The van der Waals surface area contributed by atoms with Crippen LogP contribution in [-0.4, -0.2) is 19.9 Å². The van der Waals surface area contributed by atoms with Gasteiger partial charge in [0.25, 0.3) is 0 Å². The summed E-state index contributed by atoms with van der Waals surface area (Å²) in [5, 5.41) is 0. The fraction of sp³-hybridized carbons (Fsp3) is 0.200. The molecule has 2 aromatic carbocycles. The van der Waals surface area contributed by atoms with Gasteiger partial charge in [-0.1, -0.05) is 24.3 Å². The molecule has 0 radical (unpaired) electrons. The Hall–Kier alpha value is -1.66. The predicted octanol–water partition coefficient (Wildman–Crippen LogP) is 3.11. The van der Waals surface area contributed by atoms with Crippen LogP contribution in [0.3, 0.4) is 0 Å². The molecule has 3 N–H and O–H groups in total.